The van der Waals surface area contributed by atoms with Crippen LogP contribution in [0.3, 0.4) is 0 Å². The zero-order valence-electron chi connectivity index (χ0n) is 14.5. The van der Waals surface area contributed by atoms with Crippen molar-refractivity contribution in [1.82, 2.24) is 5.32 Å². The number of carboxylic acids is 1. The van der Waals surface area contributed by atoms with E-state index in [0.717, 1.165) is 11.3 Å². The number of rotatable bonds is 8. The molecule has 2 N–H and O–H groups in total. The van der Waals surface area contributed by atoms with Crippen molar-refractivity contribution in [2.24, 2.45) is 0 Å². The first kappa shape index (κ1) is 18.0. The molecule has 0 heterocycles. The molecule has 1 atom stereocenters. The van der Waals surface area contributed by atoms with Gasteiger partial charge in [-0.05, 0) is 48.2 Å². The molecule has 128 valence electrons. The van der Waals surface area contributed by atoms with Crippen LogP contribution in [-0.4, -0.2) is 23.7 Å². The highest BCUT2D eigenvalue weighted by Crippen LogP contribution is 2.19. The summed E-state index contributed by atoms with van der Waals surface area (Å²) in [7, 11) is 0. The van der Waals surface area contributed by atoms with Crippen LogP contribution >= 0.6 is 0 Å². The van der Waals surface area contributed by atoms with Gasteiger partial charge in [0.15, 0.2) is 0 Å². The number of aromatic carboxylic acids is 1. The quantitative estimate of drug-likeness (QED) is 0.767. The summed E-state index contributed by atoms with van der Waals surface area (Å²) in [4.78, 5) is 10.8. The van der Waals surface area contributed by atoms with Gasteiger partial charge < -0.3 is 15.2 Å². The normalized spacial score (nSPS) is 12.2. The van der Waals surface area contributed by atoms with E-state index in [1.165, 1.54) is 5.56 Å². The third-order valence-electron chi connectivity index (χ3n) is 3.85. The molecule has 2 aromatic rings. The van der Waals surface area contributed by atoms with Crippen LogP contribution in [0.4, 0.5) is 0 Å². The first-order valence-corrected chi connectivity index (χ1v) is 8.25. The van der Waals surface area contributed by atoms with E-state index in [0.29, 0.717) is 24.6 Å². The van der Waals surface area contributed by atoms with Crippen LogP contribution in [0.5, 0.6) is 5.75 Å². The third-order valence-corrected chi connectivity index (χ3v) is 3.85. The average Bonchev–Trinajstić information content (AvgIpc) is 2.55. The molecule has 0 fully saturated rings. The summed E-state index contributed by atoms with van der Waals surface area (Å²) in [5.41, 5.74) is 2.66. The lowest BCUT2D eigenvalue weighted by Gasteiger charge is -2.16. The fraction of sp³-hybridized carbons (Fsp3) is 0.350. The predicted octanol–water partition coefficient (Wildman–Crippen LogP) is 4.07. The second-order valence-corrected chi connectivity index (χ2v) is 6.29. The molecule has 0 aliphatic heterocycles. The van der Waals surface area contributed by atoms with E-state index in [1.54, 1.807) is 12.1 Å². The number of ether oxygens (including phenoxy) is 1. The number of carbonyl (C=O) groups is 1. The molecule has 0 saturated heterocycles. The largest absolute Gasteiger partial charge is 0.489 e. The van der Waals surface area contributed by atoms with Crippen LogP contribution in [0.1, 0.15) is 48.2 Å². The maximum Gasteiger partial charge on any atom is 0.335 e. The van der Waals surface area contributed by atoms with E-state index in [2.05, 4.69) is 31.3 Å². The van der Waals surface area contributed by atoms with Crippen LogP contribution in [-0.2, 0) is 6.54 Å². The van der Waals surface area contributed by atoms with Gasteiger partial charge in [-0.3, -0.25) is 0 Å². The smallest absolute Gasteiger partial charge is 0.335 e. The molecule has 0 saturated carbocycles. The van der Waals surface area contributed by atoms with Gasteiger partial charge in [-0.1, -0.05) is 38.1 Å². The fourth-order valence-electron chi connectivity index (χ4n) is 2.39. The lowest BCUT2D eigenvalue weighted by Crippen LogP contribution is -2.28. The average molecular weight is 327 g/mol. The van der Waals surface area contributed by atoms with Gasteiger partial charge in [0.2, 0.25) is 0 Å². The Balaban J connectivity index is 1.76. The Hall–Kier alpha value is -2.33. The van der Waals surface area contributed by atoms with Crippen LogP contribution < -0.4 is 10.1 Å². The zero-order valence-corrected chi connectivity index (χ0v) is 14.5. The lowest BCUT2D eigenvalue weighted by atomic mass is 10.0. The van der Waals surface area contributed by atoms with Gasteiger partial charge >= 0.3 is 5.97 Å². The molecule has 1 unspecified atom stereocenters. The maximum atomic E-state index is 10.8. The number of carboxylic acid groups (broad SMARTS) is 1. The Bertz CT molecular complexity index is 648. The molecule has 0 spiro atoms. The van der Waals surface area contributed by atoms with Gasteiger partial charge in [0, 0.05) is 13.1 Å². The molecule has 0 aromatic heterocycles. The van der Waals surface area contributed by atoms with Crippen LogP contribution in [0, 0.1) is 0 Å². The lowest BCUT2D eigenvalue weighted by molar-refractivity contribution is 0.0697. The van der Waals surface area contributed by atoms with Crippen molar-refractivity contribution < 1.29 is 14.6 Å². The topological polar surface area (TPSA) is 58.6 Å². The van der Waals surface area contributed by atoms with Gasteiger partial charge in [0.1, 0.15) is 11.9 Å². The number of nitrogens with one attached hydrogen (secondary N) is 1. The standard InChI is InChI=1S/C20H25NO3/c1-14(2)17-8-10-19(11-9-17)24-15(3)12-21-13-16-4-6-18(7-5-16)20(22)23/h4-11,14-15,21H,12-13H2,1-3H3,(H,22,23). The molecule has 4 nitrogen and oxygen atoms in total. The molecule has 2 rings (SSSR count). The van der Waals surface area contributed by atoms with Crippen molar-refractivity contribution in [2.45, 2.75) is 39.3 Å². The number of benzene rings is 2. The minimum absolute atomic E-state index is 0.0493. The molecule has 24 heavy (non-hydrogen) atoms. The van der Waals surface area contributed by atoms with E-state index in [-0.39, 0.29) is 6.10 Å². The Morgan fingerprint density at radius 3 is 2.21 bits per heavy atom. The Kier molecular flexibility index (Phi) is 6.38. The first-order chi connectivity index (χ1) is 11.5. The number of hydrogen-bond donors (Lipinski definition) is 2. The van der Waals surface area contributed by atoms with Crippen molar-refractivity contribution in [3.05, 3.63) is 65.2 Å². The Morgan fingerprint density at radius 1 is 1.04 bits per heavy atom. The number of hydrogen-bond acceptors (Lipinski definition) is 3. The summed E-state index contributed by atoms with van der Waals surface area (Å²) in [5.74, 6) is 0.491. The monoisotopic (exact) mass is 327 g/mol. The van der Waals surface area contributed by atoms with Crippen molar-refractivity contribution in [1.29, 1.82) is 0 Å². The molecule has 0 bridgehead atoms. The van der Waals surface area contributed by atoms with Crippen molar-refractivity contribution >= 4 is 5.97 Å². The van der Waals surface area contributed by atoms with Crippen molar-refractivity contribution in [3.63, 3.8) is 0 Å². The van der Waals surface area contributed by atoms with Gasteiger partial charge in [-0.2, -0.15) is 0 Å². The first-order valence-electron chi connectivity index (χ1n) is 8.25. The predicted molar refractivity (Wildman–Crippen MR) is 95.7 cm³/mol. The zero-order chi connectivity index (χ0) is 17.5. The highest BCUT2D eigenvalue weighted by Gasteiger charge is 2.06. The molecule has 0 amide bonds. The summed E-state index contributed by atoms with van der Waals surface area (Å²) in [6.07, 6.45) is 0.0493. The van der Waals surface area contributed by atoms with Crippen LogP contribution in [0.25, 0.3) is 0 Å². The molecular weight excluding hydrogens is 302 g/mol. The SMILES string of the molecule is CC(CNCc1ccc(C(=O)O)cc1)Oc1ccc(C(C)C)cc1. The van der Waals surface area contributed by atoms with E-state index < -0.39 is 5.97 Å². The molecule has 0 aliphatic carbocycles. The second-order valence-electron chi connectivity index (χ2n) is 6.29. The minimum Gasteiger partial charge on any atom is -0.489 e. The third kappa shape index (κ3) is 5.39. The van der Waals surface area contributed by atoms with Gasteiger partial charge in [-0.15, -0.1) is 0 Å². The molecule has 4 heteroatoms. The summed E-state index contributed by atoms with van der Waals surface area (Å²) in [5, 5.41) is 12.2. The molecule has 2 aromatic carbocycles. The summed E-state index contributed by atoms with van der Waals surface area (Å²) in [6.45, 7) is 7.76. The Labute approximate surface area is 143 Å². The van der Waals surface area contributed by atoms with E-state index in [9.17, 15) is 4.79 Å². The minimum atomic E-state index is -0.903. The van der Waals surface area contributed by atoms with Crippen LogP contribution in [0.2, 0.25) is 0 Å². The summed E-state index contributed by atoms with van der Waals surface area (Å²) >= 11 is 0. The molecular formula is C20H25NO3. The van der Waals surface area contributed by atoms with Gasteiger partial charge in [0.25, 0.3) is 0 Å². The van der Waals surface area contributed by atoms with Gasteiger partial charge in [-0.25, -0.2) is 4.79 Å². The highest BCUT2D eigenvalue weighted by molar-refractivity contribution is 5.87. The van der Waals surface area contributed by atoms with Crippen molar-refractivity contribution in [2.75, 3.05) is 6.54 Å². The van der Waals surface area contributed by atoms with E-state index in [1.807, 2.05) is 31.2 Å². The molecule has 0 aliphatic rings. The van der Waals surface area contributed by atoms with Crippen LogP contribution in [0.15, 0.2) is 48.5 Å². The van der Waals surface area contributed by atoms with E-state index >= 15 is 0 Å². The van der Waals surface area contributed by atoms with E-state index in [4.69, 9.17) is 9.84 Å². The summed E-state index contributed by atoms with van der Waals surface area (Å²) < 4.78 is 5.90. The fourth-order valence-corrected chi connectivity index (χ4v) is 2.39. The van der Waals surface area contributed by atoms with Gasteiger partial charge in [0.05, 0.1) is 5.56 Å². The van der Waals surface area contributed by atoms with Crippen molar-refractivity contribution in [3.8, 4) is 5.75 Å². The second kappa shape index (κ2) is 8.50. The summed E-state index contributed by atoms with van der Waals surface area (Å²) in [6, 6.07) is 15.1. The highest BCUT2D eigenvalue weighted by atomic mass is 16.5. The Morgan fingerprint density at radius 2 is 1.67 bits per heavy atom. The maximum absolute atomic E-state index is 10.8. The molecule has 0 radical (unpaired) electrons.